The Bertz CT molecular complexity index is 685. The third-order valence-electron chi connectivity index (χ3n) is 3.96. The normalized spacial score (nSPS) is 26.6. The lowest BCUT2D eigenvalue weighted by Crippen LogP contribution is -2.46. The first kappa shape index (κ1) is 12.1. The molecule has 3 nitrogen and oxygen atoms in total. The average molecular weight is 289 g/mol. The van der Waals surface area contributed by atoms with E-state index in [1.165, 1.54) is 0 Å². The first-order chi connectivity index (χ1) is 9.68. The zero-order valence-corrected chi connectivity index (χ0v) is 11.4. The summed E-state index contributed by atoms with van der Waals surface area (Å²) in [5.41, 5.74) is 1.83. The van der Waals surface area contributed by atoms with Crippen LogP contribution in [0.15, 0.2) is 42.5 Å². The van der Waals surface area contributed by atoms with E-state index < -0.39 is 11.9 Å². The van der Waals surface area contributed by atoms with Gasteiger partial charge in [0.1, 0.15) is 11.5 Å². The van der Waals surface area contributed by atoms with E-state index in [9.17, 15) is 5.11 Å². The Morgan fingerprint density at radius 3 is 2.75 bits per heavy atom. The predicted octanol–water partition coefficient (Wildman–Crippen LogP) is 3.49. The van der Waals surface area contributed by atoms with Gasteiger partial charge in [-0.25, -0.2) is 0 Å². The number of hydrogen-bond acceptors (Lipinski definition) is 3. The van der Waals surface area contributed by atoms with Crippen molar-refractivity contribution < 1.29 is 14.6 Å². The molecule has 1 spiro atoms. The minimum Gasteiger partial charge on any atom is -0.449 e. The van der Waals surface area contributed by atoms with E-state index in [1.807, 2.05) is 36.4 Å². The van der Waals surface area contributed by atoms with Gasteiger partial charge in [0.2, 0.25) is 0 Å². The SMILES string of the molecule is O[C@H]1c2ccccc2O[C@]12CCc1cc(Cl)ccc1O2. The molecular formula is C16H13ClO3. The number of aliphatic hydroxyl groups excluding tert-OH is 1. The number of rotatable bonds is 0. The summed E-state index contributed by atoms with van der Waals surface area (Å²) in [6.07, 6.45) is 0.583. The van der Waals surface area contributed by atoms with Gasteiger partial charge in [-0.1, -0.05) is 29.8 Å². The van der Waals surface area contributed by atoms with Gasteiger partial charge >= 0.3 is 0 Å². The molecule has 102 valence electrons. The predicted molar refractivity (Wildman–Crippen MR) is 75.2 cm³/mol. The Kier molecular flexibility index (Phi) is 2.50. The number of ether oxygens (including phenoxy) is 2. The molecule has 0 aliphatic carbocycles. The van der Waals surface area contributed by atoms with Crippen LogP contribution in [0.3, 0.4) is 0 Å². The van der Waals surface area contributed by atoms with Crippen LogP contribution in [0.5, 0.6) is 11.5 Å². The Labute approximate surface area is 121 Å². The highest BCUT2D eigenvalue weighted by Gasteiger charge is 2.51. The second-order valence-electron chi connectivity index (χ2n) is 5.21. The van der Waals surface area contributed by atoms with Gasteiger partial charge in [-0.15, -0.1) is 0 Å². The lowest BCUT2D eigenvalue weighted by molar-refractivity contribution is -0.179. The highest BCUT2D eigenvalue weighted by Crippen LogP contribution is 2.49. The largest absolute Gasteiger partial charge is 0.449 e. The van der Waals surface area contributed by atoms with E-state index in [0.29, 0.717) is 17.2 Å². The van der Waals surface area contributed by atoms with Crippen molar-refractivity contribution in [2.24, 2.45) is 0 Å². The summed E-state index contributed by atoms with van der Waals surface area (Å²) in [7, 11) is 0. The van der Waals surface area contributed by atoms with Gasteiger partial charge in [-0.2, -0.15) is 0 Å². The van der Waals surface area contributed by atoms with Gasteiger partial charge in [0.05, 0.1) is 0 Å². The highest BCUT2D eigenvalue weighted by atomic mass is 35.5. The quantitative estimate of drug-likeness (QED) is 0.806. The summed E-state index contributed by atoms with van der Waals surface area (Å²) >= 11 is 5.99. The van der Waals surface area contributed by atoms with Crippen molar-refractivity contribution in [2.45, 2.75) is 24.7 Å². The van der Waals surface area contributed by atoms with Crippen LogP contribution in [0.25, 0.3) is 0 Å². The molecule has 0 radical (unpaired) electrons. The maximum Gasteiger partial charge on any atom is 0.281 e. The molecule has 20 heavy (non-hydrogen) atoms. The maximum absolute atomic E-state index is 10.6. The van der Waals surface area contributed by atoms with Gasteiger partial charge in [0.25, 0.3) is 5.79 Å². The molecule has 2 aromatic carbocycles. The van der Waals surface area contributed by atoms with Crippen molar-refractivity contribution in [2.75, 3.05) is 0 Å². The number of hydrogen-bond donors (Lipinski definition) is 1. The van der Waals surface area contributed by atoms with Crippen LogP contribution in [0.2, 0.25) is 5.02 Å². The lowest BCUT2D eigenvalue weighted by atomic mass is 9.94. The molecule has 0 saturated carbocycles. The fourth-order valence-electron chi connectivity index (χ4n) is 2.93. The van der Waals surface area contributed by atoms with Crippen LogP contribution in [-0.2, 0) is 6.42 Å². The fourth-order valence-corrected chi connectivity index (χ4v) is 3.13. The number of aliphatic hydroxyl groups is 1. The molecule has 2 aliphatic rings. The second kappa shape index (κ2) is 4.14. The zero-order valence-electron chi connectivity index (χ0n) is 10.7. The highest BCUT2D eigenvalue weighted by molar-refractivity contribution is 6.30. The van der Waals surface area contributed by atoms with Crippen LogP contribution in [-0.4, -0.2) is 10.9 Å². The minimum atomic E-state index is -1.01. The minimum absolute atomic E-state index is 0.593. The molecule has 2 atom stereocenters. The van der Waals surface area contributed by atoms with E-state index in [2.05, 4.69) is 0 Å². The van der Waals surface area contributed by atoms with Gasteiger partial charge < -0.3 is 14.6 Å². The van der Waals surface area contributed by atoms with Crippen molar-refractivity contribution >= 4 is 11.6 Å². The average Bonchev–Trinajstić information content (AvgIpc) is 2.73. The Morgan fingerprint density at radius 1 is 1.10 bits per heavy atom. The first-order valence-corrected chi connectivity index (χ1v) is 6.99. The Morgan fingerprint density at radius 2 is 1.90 bits per heavy atom. The number of fused-ring (bicyclic) bond motifs is 2. The fraction of sp³-hybridized carbons (Fsp3) is 0.250. The Hall–Kier alpha value is -1.71. The van der Waals surface area contributed by atoms with Crippen molar-refractivity contribution in [3.8, 4) is 11.5 Å². The van der Waals surface area contributed by atoms with Crippen LogP contribution in [0, 0.1) is 0 Å². The molecule has 0 saturated heterocycles. The smallest absolute Gasteiger partial charge is 0.281 e. The summed E-state index contributed by atoms with van der Waals surface area (Å²) in [6, 6.07) is 13.0. The molecule has 2 aliphatic heterocycles. The summed E-state index contributed by atoms with van der Waals surface area (Å²) in [6.45, 7) is 0. The standard InChI is InChI=1S/C16H13ClO3/c17-11-5-6-13-10(9-11)7-8-16(19-13)15(18)12-3-1-2-4-14(12)20-16/h1-6,9,15,18H,7-8H2/t15-,16+/m0/s1. The van der Waals surface area contributed by atoms with Crippen LogP contribution >= 0.6 is 11.6 Å². The van der Waals surface area contributed by atoms with Gasteiger partial charge in [0, 0.05) is 17.0 Å². The van der Waals surface area contributed by atoms with E-state index in [4.69, 9.17) is 21.1 Å². The lowest BCUT2D eigenvalue weighted by Gasteiger charge is -2.36. The third kappa shape index (κ3) is 1.63. The molecule has 0 amide bonds. The molecule has 1 N–H and O–H groups in total. The maximum atomic E-state index is 10.6. The number of halogens is 1. The van der Waals surface area contributed by atoms with Crippen molar-refractivity contribution in [1.29, 1.82) is 0 Å². The molecule has 4 heteroatoms. The van der Waals surface area contributed by atoms with Crippen LogP contribution in [0.4, 0.5) is 0 Å². The van der Waals surface area contributed by atoms with Crippen molar-refractivity contribution in [3.05, 3.63) is 58.6 Å². The van der Waals surface area contributed by atoms with Crippen LogP contribution < -0.4 is 9.47 Å². The molecule has 2 aromatic rings. The van der Waals surface area contributed by atoms with E-state index in [1.54, 1.807) is 6.07 Å². The third-order valence-corrected chi connectivity index (χ3v) is 4.20. The van der Waals surface area contributed by atoms with E-state index in [0.717, 1.165) is 23.3 Å². The number of aryl methyl sites for hydroxylation is 1. The topological polar surface area (TPSA) is 38.7 Å². The number of benzene rings is 2. The van der Waals surface area contributed by atoms with Crippen molar-refractivity contribution in [1.82, 2.24) is 0 Å². The zero-order chi connectivity index (χ0) is 13.7. The molecule has 0 bridgehead atoms. The molecule has 0 unspecified atom stereocenters. The van der Waals surface area contributed by atoms with Gasteiger partial charge in [-0.05, 0) is 36.2 Å². The van der Waals surface area contributed by atoms with Crippen molar-refractivity contribution in [3.63, 3.8) is 0 Å². The molecule has 4 rings (SSSR count). The number of para-hydroxylation sites is 1. The summed E-state index contributed by atoms with van der Waals surface area (Å²) in [4.78, 5) is 0. The van der Waals surface area contributed by atoms with Gasteiger partial charge in [0.15, 0.2) is 6.10 Å². The monoisotopic (exact) mass is 288 g/mol. The summed E-state index contributed by atoms with van der Waals surface area (Å²) < 4.78 is 11.9. The van der Waals surface area contributed by atoms with E-state index in [-0.39, 0.29) is 0 Å². The molecular weight excluding hydrogens is 276 g/mol. The second-order valence-corrected chi connectivity index (χ2v) is 5.64. The van der Waals surface area contributed by atoms with E-state index >= 15 is 0 Å². The molecule has 0 fully saturated rings. The summed E-state index contributed by atoms with van der Waals surface area (Å²) in [5, 5.41) is 11.3. The summed E-state index contributed by atoms with van der Waals surface area (Å²) in [5.74, 6) is 0.412. The first-order valence-electron chi connectivity index (χ1n) is 6.61. The molecule has 2 heterocycles. The Balaban J connectivity index is 1.74. The molecule has 0 aromatic heterocycles. The van der Waals surface area contributed by atoms with Gasteiger partial charge in [-0.3, -0.25) is 0 Å². The van der Waals surface area contributed by atoms with Crippen LogP contribution in [0.1, 0.15) is 23.7 Å².